The summed E-state index contributed by atoms with van der Waals surface area (Å²) in [4.78, 5) is 0.123. The zero-order valence-electron chi connectivity index (χ0n) is 10.7. The highest BCUT2D eigenvalue weighted by molar-refractivity contribution is 7.89. The van der Waals surface area contributed by atoms with E-state index in [0.29, 0.717) is 13.1 Å². The minimum Gasteiger partial charge on any atom is -0.326 e. The fourth-order valence-electron chi connectivity index (χ4n) is 1.97. The van der Waals surface area contributed by atoms with Gasteiger partial charge in [0.2, 0.25) is 10.0 Å². The number of benzene rings is 1. The van der Waals surface area contributed by atoms with Crippen LogP contribution in [-0.2, 0) is 16.6 Å². The van der Waals surface area contributed by atoms with Gasteiger partial charge in [-0.15, -0.1) is 0 Å². The first-order valence-corrected chi connectivity index (χ1v) is 8.37. The molecule has 19 heavy (non-hydrogen) atoms. The highest BCUT2D eigenvalue weighted by Gasteiger charge is 2.21. The van der Waals surface area contributed by atoms with Gasteiger partial charge in [-0.25, -0.2) is 13.1 Å². The van der Waals surface area contributed by atoms with Crippen LogP contribution >= 0.6 is 11.6 Å². The SMILES string of the molecule is NCc1ccc(S(=O)(=O)NCCCC2CC2)c(Cl)c1. The standard InChI is InChI=1S/C13H19ClN2O2S/c14-12-8-11(9-15)5-6-13(12)19(17,18)16-7-1-2-10-3-4-10/h5-6,8,10,16H,1-4,7,9,15H2. The molecule has 1 aromatic carbocycles. The molecule has 6 heteroatoms. The Kier molecular flexibility index (Phi) is 4.84. The van der Waals surface area contributed by atoms with E-state index in [2.05, 4.69) is 4.72 Å². The molecule has 4 nitrogen and oxygen atoms in total. The summed E-state index contributed by atoms with van der Waals surface area (Å²) in [5, 5.41) is 0.220. The van der Waals surface area contributed by atoms with Crippen molar-refractivity contribution in [3.63, 3.8) is 0 Å². The second kappa shape index (κ2) is 6.22. The third-order valence-corrected chi connectivity index (χ3v) is 5.24. The average Bonchev–Trinajstić information content (AvgIpc) is 3.18. The van der Waals surface area contributed by atoms with E-state index in [1.165, 1.54) is 18.9 Å². The van der Waals surface area contributed by atoms with E-state index in [0.717, 1.165) is 24.3 Å². The fraction of sp³-hybridized carbons (Fsp3) is 0.538. The van der Waals surface area contributed by atoms with E-state index >= 15 is 0 Å². The van der Waals surface area contributed by atoms with Crippen molar-refractivity contribution in [2.75, 3.05) is 6.54 Å². The van der Waals surface area contributed by atoms with Gasteiger partial charge in [0.25, 0.3) is 0 Å². The molecule has 0 amide bonds. The molecule has 0 heterocycles. The predicted octanol–water partition coefficient (Wildman–Crippen LogP) is 2.27. The van der Waals surface area contributed by atoms with E-state index in [4.69, 9.17) is 17.3 Å². The number of nitrogens with two attached hydrogens (primary N) is 1. The van der Waals surface area contributed by atoms with Gasteiger partial charge >= 0.3 is 0 Å². The Hall–Kier alpha value is -0.620. The second-order valence-electron chi connectivity index (χ2n) is 4.95. The van der Waals surface area contributed by atoms with Gasteiger partial charge in [-0.05, 0) is 36.5 Å². The van der Waals surface area contributed by atoms with E-state index in [1.54, 1.807) is 12.1 Å². The van der Waals surface area contributed by atoms with Gasteiger partial charge in [-0.2, -0.15) is 0 Å². The summed E-state index contributed by atoms with van der Waals surface area (Å²) in [5.74, 6) is 0.817. The van der Waals surface area contributed by atoms with Gasteiger partial charge < -0.3 is 5.73 Å². The molecule has 0 atom stereocenters. The van der Waals surface area contributed by atoms with E-state index in [9.17, 15) is 8.42 Å². The molecule has 0 unspecified atom stereocenters. The lowest BCUT2D eigenvalue weighted by Gasteiger charge is -2.09. The molecule has 1 aliphatic carbocycles. The Morgan fingerprint density at radius 1 is 1.37 bits per heavy atom. The van der Waals surface area contributed by atoms with Crippen molar-refractivity contribution < 1.29 is 8.42 Å². The van der Waals surface area contributed by atoms with Crippen LogP contribution in [0.2, 0.25) is 5.02 Å². The Balaban J connectivity index is 1.97. The molecule has 1 saturated carbocycles. The largest absolute Gasteiger partial charge is 0.326 e. The highest BCUT2D eigenvalue weighted by atomic mass is 35.5. The van der Waals surface area contributed by atoms with Gasteiger partial charge in [-0.1, -0.05) is 30.5 Å². The maximum absolute atomic E-state index is 12.1. The molecule has 0 bridgehead atoms. The van der Waals surface area contributed by atoms with Gasteiger partial charge in [-0.3, -0.25) is 0 Å². The Labute approximate surface area is 119 Å². The molecule has 0 aliphatic heterocycles. The molecule has 1 aliphatic rings. The van der Waals surface area contributed by atoms with E-state index in [-0.39, 0.29) is 9.92 Å². The molecule has 106 valence electrons. The lowest BCUT2D eigenvalue weighted by atomic mass is 10.2. The third-order valence-electron chi connectivity index (χ3n) is 3.30. The Morgan fingerprint density at radius 3 is 2.68 bits per heavy atom. The summed E-state index contributed by atoms with van der Waals surface area (Å²) in [5.41, 5.74) is 6.30. The summed E-state index contributed by atoms with van der Waals surface area (Å²) < 4.78 is 26.8. The minimum atomic E-state index is -3.52. The summed E-state index contributed by atoms with van der Waals surface area (Å²) in [6, 6.07) is 4.79. The Bertz CT molecular complexity index is 542. The quantitative estimate of drug-likeness (QED) is 0.759. The molecule has 3 N–H and O–H groups in total. The van der Waals surface area contributed by atoms with Crippen LogP contribution in [0.25, 0.3) is 0 Å². The summed E-state index contributed by atoms with van der Waals surface area (Å²) in [6.45, 7) is 0.808. The van der Waals surface area contributed by atoms with Crippen molar-refractivity contribution in [2.45, 2.75) is 37.1 Å². The first-order valence-electron chi connectivity index (χ1n) is 6.51. The molecular weight excluding hydrogens is 284 g/mol. The van der Waals surface area contributed by atoms with Crippen molar-refractivity contribution in [1.82, 2.24) is 4.72 Å². The lowest BCUT2D eigenvalue weighted by molar-refractivity contribution is 0.572. The van der Waals surface area contributed by atoms with Crippen LogP contribution in [0.5, 0.6) is 0 Å². The maximum atomic E-state index is 12.1. The number of sulfonamides is 1. The topological polar surface area (TPSA) is 72.2 Å². The lowest BCUT2D eigenvalue weighted by Crippen LogP contribution is -2.25. The fourth-order valence-corrected chi connectivity index (χ4v) is 3.61. The van der Waals surface area contributed by atoms with Crippen molar-refractivity contribution in [3.05, 3.63) is 28.8 Å². The monoisotopic (exact) mass is 302 g/mol. The number of hydrogen-bond acceptors (Lipinski definition) is 3. The van der Waals surface area contributed by atoms with Crippen LogP contribution in [-0.4, -0.2) is 15.0 Å². The van der Waals surface area contributed by atoms with Gasteiger partial charge in [0.1, 0.15) is 4.90 Å². The first kappa shape index (κ1) is 14.8. The van der Waals surface area contributed by atoms with Crippen LogP contribution in [0, 0.1) is 5.92 Å². The van der Waals surface area contributed by atoms with Crippen molar-refractivity contribution in [3.8, 4) is 0 Å². The summed E-state index contributed by atoms with van der Waals surface area (Å²) in [7, 11) is -3.52. The van der Waals surface area contributed by atoms with Crippen LogP contribution in [0.1, 0.15) is 31.2 Å². The van der Waals surface area contributed by atoms with Gasteiger partial charge in [0, 0.05) is 13.1 Å². The summed E-state index contributed by atoms with van der Waals surface area (Å²) in [6.07, 6.45) is 4.56. The van der Waals surface area contributed by atoms with Gasteiger partial charge in [0.05, 0.1) is 5.02 Å². The van der Waals surface area contributed by atoms with E-state index in [1.807, 2.05) is 0 Å². The average molecular weight is 303 g/mol. The summed E-state index contributed by atoms with van der Waals surface area (Å²) >= 11 is 5.99. The zero-order chi connectivity index (χ0) is 13.9. The van der Waals surface area contributed by atoms with Crippen LogP contribution in [0.4, 0.5) is 0 Å². The van der Waals surface area contributed by atoms with Crippen LogP contribution < -0.4 is 10.5 Å². The number of nitrogens with one attached hydrogen (secondary N) is 1. The zero-order valence-corrected chi connectivity index (χ0v) is 12.3. The second-order valence-corrected chi connectivity index (χ2v) is 7.09. The molecule has 1 fully saturated rings. The molecule has 2 rings (SSSR count). The molecule has 0 spiro atoms. The maximum Gasteiger partial charge on any atom is 0.242 e. The first-order chi connectivity index (χ1) is 9.03. The predicted molar refractivity (Wildman–Crippen MR) is 76.5 cm³/mol. The highest BCUT2D eigenvalue weighted by Crippen LogP contribution is 2.33. The number of halogens is 1. The molecule has 0 radical (unpaired) electrons. The Morgan fingerprint density at radius 2 is 2.11 bits per heavy atom. The molecule has 1 aromatic rings. The van der Waals surface area contributed by atoms with Crippen molar-refractivity contribution >= 4 is 21.6 Å². The molecule has 0 saturated heterocycles. The van der Waals surface area contributed by atoms with E-state index < -0.39 is 10.0 Å². The smallest absolute Gasteiger partial charge is 0.242 e. The minimum absolute atomic E-state index is 0.123. The van der Waals surface area contributed by atoms with Crippen LogP contribution in [0.15, 0.2) is 23.1 Å². The molecular formula is C13H19ClN2O2S. The van der Waals surface area contributed by atoms with Gasteiger partial charge in [0.15, 0.2) is 0 Å². The molecule has 0 aromatic heterocycles. The normalized spacial score (nSPS) is 15.7. The van der Waals surface area contributed by atoms with Crippen molar-refractivity contribution in [2.24, 2.45) is 11.7 Å². The number of hydrogen-bond donors (Lipinski definition) is 2. The number of rotatable bonds is 7. The van der Waals surface area contributed by atoms with Crippen molar-refractivity contribution in [1.29, 1.82) is 0 Å². The third kappa shape index (κ3) is 4.18. The van der Waals surface area contributed by atoms with Crippen LogP contribution in [0.3, 0.4) is 0 Å².